The molecule has 2 heterocycles. The molecule has 18 nitrogen and oxygen atoms in total. The van der Waals surface area contributed by atoms with Gasteiger partial charge in [-0.3, -0.25) is 13.9 Å². The van der Waals surface area contributed by atoms with Crippen molar-refractivity contribution in [3.63, 3.8) is 0 Å². The van der Waals surface area contributed by atoms with Gasteiger partial charge >= 0.3 is 13.8 Å². The predicted molar refractivity (Wildman–Crippen MR) is 92.2 cm³/mol. The van der Waals surface area contributed by atoms with Crippen LogP contribution in [0.4, 0.5) is 5.82 Å². The monoisotopic (exact) mass is 470 g/mol. The summed E-state index contributed by atoms with van der Waals surface area (Å²) in [5.41, 5.74) is 5.27. The van der Waals surface area contributed by atoms with Crippen LogP contribution in [0.25, 0.3) is 0 Å². The number of nitrogens with zero attached hydrogens (tertiary/aromatic N) is 4. The van der Waals surface area contributed by atoms with Crippen LogP contribution < -0.4 is 11.1 Å². The number of carbonyl (C=O) groups is 2. The van der Waals surface area contributed by atoms with E-state index >= 15 is 0 Å². The summed E-state index contributed by atoms with van der Waals surface area (Å²) in [6, 6.07) is -1.80. The summed E-state index contributed by atoms with van der Waals surface area (Å²) in [5.74, 6) is -3.19. The smallest absolute Gasteiger partial charge is 0.469 e. The van der Waals surface area contributed by atoms with Gasteiger partial charge in [0.15, 0.2) is 23.2 Å². The third-order valence-corrected chi connectivity index (χ3v) is 4.59. The maximum Gasteiger partial charge on any atom is 0.469 e. The molecule has 5 atom stereocenters. The van der Waals surface area contributed by atoms with Crippen molar-refractivity contribution in [2.75, 3.05) is 18.9 Å². The number of phosphoric acid groups is 1. The van der Waals surface area contributed by atoms with Crippen LogP contribution >= 0.6 is 7.82 Å². The van der Waals surface area contributed by atoms with E-state index in [0.29, 0.717) is 0 Å². The van der Waals surface area contributed by atoms with Crippen LogP contribution in [0.2, 0.25) is 0 Å². The van der Waals surface area contributed by atoms with Gasteiger partial charge in [-0.05, 0) is 0 Å². The molecule has 19 heteroatoms. The highest BCUT2D eigenvalue weighted by atomic mass is 31.2. The fourth-order valence-electron chi connectivity index (χ4n) is 2.62. The third kappa shape index (κ3) is 5.85. The SMILES string of the molecule is Nc1c(C(=O)N[C@@H](C/[N+]([O-])=N/O)C(=O)O)ncn1[C@@H]1O[C@H](COP(=O)(O)O)[C@@H](O)[C@@H]1O. The van der Waals surface area contributed by atoms with Crippen LogP contribution in [0.3, 0.4) is 0 Å². The zero-order valence-corrected chi connectivity index (χ0v) is 16.2. The number of nitrogens with two attached hydrogens (primary N) is 1. The number of ether oxygens (including phenoxy) is 1. The maximum atomic E-state index is 12.3. The Balaban J connectivity index is 2.16. The molecular formula is C12H19N6O12P. The molecule has 1 aliphatic rings. The highest BCUT2D eigenvalue weighted by Crippen LogP contribution is 2.38. The number of nitrogens with one attached hydrogen (secondary N) is 1. The lowest BCUT2D eigenvalue weighted by Crippen LogP contribution is -2.45. The first-order chi connectivity index (χ1) is 14.4. The van der Waals surface area contributed by atoms with E-state index < -0.39 is 74.9 Å². The van der Waals surface area contributed by atoms with Crippen molar-refractivity contribution in [1.82, 2.24) is 14.9 Å². The van der Waals surface area contributed by atoms with E-state index in [1.165, 1.54) is 0 Å². The Labute approximate surface area is 171 Å². The van der Waals surface area contributed by atoms with Crippen LogP contribution in [-0.2, 0) is 18.6 Å². The number of anilines is 1. The van der Waals surface area contributed by atoms with Crippen LogP contribution in [0, 0.1) is 5.21 Å². The normalized spacial score (nSPS) is 25.4. The zero-order valence-electron chi connectivity index (χ0n) is 15.3. The standard InChI is InChI=1S/C12H19N6O12P/c13-9-6(10(21)15-4(12(22)23)1-18(25)16-24)14-3-17(9)11-8(20)7(19)5(30-11)2-29-31(26,27)28/h3-5,7-8,11,19-20,24H,1-2,13H2,(H,15,21)(H,22,23)(H2,26,27,28)/b18-16-/t4-,5+,7+,8-,11+/m0/s1. The number of carbonyl (C=O) groups excluding carboxylic acids is 1. The highest BCUT2D eigenvalue weighted by molar-refractivity contribution is 7.46. The van der Waals surface area contributed by atoms with Gasteiger partial charge in [0, 0.05) is 0 Å². The van der Waals surface area contributed by atoms with E-state index in [1.54, 1.807) is 0 Å². The number of aliphatic hydroxyl groups is 2. The minimum atomic E-state index is -4.87. The van der Waals surface area contributed by atoms with Crippen molar-refractivity contribution in [2.45, 2.75) is 30.6 Å². The molecule has 0 saturated carbocycles. The van der Waals surface area contributed by atoms with Crippen molar-refractivity contribution in [3.05, 3.63) is 17.2 Å². The minimum Gasteiger partial charge on any atom is -0.597 e. The quantitative estimate of drug-likeness (QED) is 0.0760. The molecule has 31 heavy (non-hydrogen) atoms. The minimum absolute atomic E-state index is 0.384. The lowest BCUT2D eigenvalue weighted by molar-refractivity contribution is -0.556. The fourth-order valence-corrected chi connectivity index (χ4v) is 2.96. The highest BCUT2D eigenvalue weighted by Gasteiger charge is 2.45. The molecule has 0 aliphatic carbocycles. The van der Waals surface area contributed by atoms with Crippen LogP contribution in [0.15, 0.2) is 11.6 Å². The van der Waals surface area contributed by atoms with Gasteiger partial charge in [0.1, 0.15) is 24.1 Å². The number of amides is 1. The molecule has 2 rings (SSSR count). The van der Waals surface area contributed by atoms with Gasteiger partial charge in [-0.2, -0.15) is 0 Å². The van der Waals surface area contributed by atoms with Crippen molar-refractivity contribution in [2.24, 2.45) is 5.28 Å². The predicted octanol–water partition coefficient (Wildman–Crippen LogP) is -3.27. The van der Waals surface area contributed by atoms with Crippen molar-refractivity contribution < 1.29 is 58.6 Å². The molecule has 1 aliphatic heterocycles. The van der Waals surface area contributed by atoms with E-state index in [1.807, 2.05) is 5.32 Å². The summed E-state index contributed by atoms with van der Waals surface area (Å²) in [5, 5.41) is 52.7. The number of aliphatic hydroxyl groups excluding tert-OH is 2. The Morgan fingerprint density at radius 2 is 2.10 bits per heavy atom. The molecule has 0 aromatic carbocycles. The lowest BCUT2D eigenvalue weighted by atomic mass is 10.1. The van der Waals surface area contributed by atoms with Crippen LogP contribution in [0.1, 0.15) is 16.7 Å². The van der Waals surface area contributed by atoms with Crippen molar-refractivity contribution in [3.8, 4) is 0 Å². The molecular weight excluding hydrogens is 451 g/mol. The number of carboxylic acid groups (broad SMARTS) is 1. The summed E-state index contributed by atoms with van der Waals surface area (Å²) in [4.78, 5) is 44.2. The van der Waals surface area contributed by atoms with Crippen LogP contribution in [-0.4, -0.2) is 94.1 Å². The second-order valence-electron chi connectivity index (χ2n) is 6.21. The summed E-state index contributed by atoms with van der Waals surface area (Å²) in [7, 11) is -4.87. The summed E-state index contributed by atoms with van der Waals surface area (Å²) in [6.45, 7) is -1.71. The number of aromatic nitrogens is 2. The summed E-state index contributed by atoms with van der Waals surface area (Å²) < 4.78 is 21.2. The average molecular weight is 470 g/mol. The number of hydrogen-bond donors (Lipinski definition) is 8. The number of nitrogen functional groups attached to an aromatic ring is 1. The molecule has 1 fully saturated rings. The molecule has 1 saturated heterocycles. The number of hydroxylamine groups is 1. The molecule has 0 spiro atoms. The van der Waals surface area contributed by atoms with E-state index in [2.05, 4.69) is 14.8 Å². The first kappa shape index (κ1) is 24.4. The van der Waals surface area contributed by atoms with Crippen LogP contribution in [0.5, 0.6) is 0 Å². The van der Waals surface area contributed by atoms with Gasteiger partial charge < -0.3 is 51.3 Å². The topological polar surface area (TPSA) is 285 Å². The number of aliphatic carboxylic acids is 1. The molecule has 1 aromatic rings. The van der Waals surface area contributed by atoms with Gasteiger partial charge in [-0.1, -0.05) is 4.86 Å². The number of carboxylic acids is 1. The average Bonchev–Trinajstić information content (AvgIpc) is 3.19. The Bertz CT molecular complexity index is 901. The largest absolute Gasteiger partial charge is 0.597 e. The van der Waals surface area contributed by atoms with E-state index in [0.717, 1.165) is 10.9 Å². The van der Waals surface area contributed by atoms with Crippen molar-refractivity contribution in [1.29, 1.82) is 0 Å². The van der Waals surface area contributed by atoms with Gasteiger partial charge in [0.05, 0.1) is 12.9 Å². The number of rotatable bonds is 9. The van der Waals surface area contributed by atoms with Gasteiger partial charge in [0.2, 0.25) is 6.54 Å². The van der Waals surface area contributed by atoms with Gasteiger partial charge in [0.25, 0.3) is 5.91 Å². The molecule has 174 valence electrons. The Hall–Kier alpha value is -2.86. The second-order valence-corrected chi connectivity index (χ2v) is 7.45. The Kier molecular flexibility index (Phi) is 7.49. The molecule has 0 unspecified atom stereocenters. The Morgan fingerprint density at radius 3 is 2.65 bits per heavy atom. The number of imidazole rings is 1. The van der Waals surface area contributed by atoms with Crippen molar-refractivity contribution >= 4 is 25.5 Å². The fraction of sp³-hybridized carbons (Fsp3) is 0.583. The van der Waals surface area contributed by atoms with E-state index in [9.17, 15) is 29.6 Å². The van der Waals surface area contributed by atoms with E-state index in [-0.39, 0.29) is 4.86 Å². The molecule has 0 radical (unpaired) electrons. The summed E-state index contributed by atoms with van der Waals surface area (Å²) in [6.07, 6.45) is -5.18. The van der Waals surface area contributed by atoms with Gasteiger partial charge in [-0.25, -0.2) is 14.3 Å². The zero-order chi connectivity index (χ0) is 23.5. The molecule has 1 amide bonds. The maximum absolute atomic E-state index is 12.3. The molecule has 0 bridgehead atoms. The summed E-state index contributed by atoms with van der Waals surface area (Å²) >= 11 is 0. The number of phosphoric ester groups is 1. The molecule has 1 aromatic heterocycles. The van der Waals surface area contributed by atoms with Gasteiger partial charge in [-0.15, -0.1) is 0 Å². The second kappa shape index (κ2) is 9.52. The molecule has 9 N–H and O–H groups in total. The first-order valence-corrected chi connectivity index (χ1v) is 9.76. The Morgan fingerprint density at radius 1 is 1.45 bits per heavy atom. The lowest BCUT2D eigenvalue weighted by Gasteiger charge is -2.18. The van der Waals surface area contributed by atoms with E-state index in [4.69, 9.17) is 30.6 Å². The first-order valence-electron chi connectivity index (χ1n) is 8.23. The third-order valence-electron chi connectivity index (χ3n) is 4.11. The number of hydrogen-bond acceptors (Lipinski definition) is 11.